The van der Waals surface area contributed by atoms with Crippen LogP contribution < -0.4 is 11.1 Å². The Labute approximate surface area is 119 Å². The lowest BCUT2D eigenvalue weighted by Gasteiger charge is -2.15. The summed E-state index contributed by atoms with van der Waals surface area (Å²) in [6.45, 7) is 4.26. The lowest BCUT2D eigenvalue weighted by atomic mass is 10.2. The van der Waals surface area contributed by atoms with Crippen LogP contribution in [0.2, 0.25) is 0 Å². The Morgan fingerprint density at radius 2 is 2.25 bits per heavy atom. The van der Waals surface area contributed by atoms with Crippen molar-refractivity contribution >= 4 is 17.5 Å². The average molecular weight is 278 g/mol. The summed E-state index contributed by atoms with van der Waals surface area (Å²) in [5.74, 6) is 0.110. The van der Waals surface area contributed by atoms with Crippen molar-refractivity contribution in [2.45, 2.75) is 19.3 Å². The molecule has 2 rings (SSSR count). The third-order valence-corrected chi connectivity index (χ3v) is 3.46. The number of nitrogen functional groups attached to an aromatic ring is 1. The number of hydrogen-bond acceptors (Lipinski definition) is 6. The van der Waals surface area contributed by atoms with E-state index < -0.39 is 5.97 Å². The SMILES string of the molecule is COC(=O)c1cc(N)cnc1NCCCN1CCCC1. The first-order valence-electron chi connectivity index (χ1n) is 7.01. The molecule has 0 spiro atoms. The average Bonchev–Trinajstić information content (AvgIpc) is 2.97. The van der Waals surface area contributed by atoms with Gasteiger partial charge in [-0.05, 0) is 45.0 Å². The number of ether oxygens (including phenoxy) is 1. The Balaban J connectivity index is 1.86. The van der Waals surface area contributed by atoms with Gasteiger partial charge in [-0.15, -0.1) is 0 Å². The van der Waals surface area contributed by atoms with Gasteiger partial charge in [0.15, 0.2) is 0 Å². The second-order valence-electron chi connectivity index (χ2n) is 4.99. The molecule has 1 aromatic heterocycles. The van der Waals surface area contributed by atoms with E-state index in [0.29, 0.717) is 17.1 Å². The monoisotopic (exact) mass is 278 g/mol. The quantitative estimate of drug-likeness (QED) is 0.604. The molecule has 20 heavy (non-hydrogen) atoms. The molecule has 0 amide bonds. The number of carbonyl (C=O) groups is 1. The van der Waals surface area contributed by atoms with Gasteiger partial charge < -0.3 is 20.7 Å². The van der Waals surface area contributed by atoms with Crippen LogP contribution in [0.3, 0.4) is 0 Å². The molecule has 0 radical (unpaired) electrons. The predicted molar refractivity (Wildman–Crippen MR) is 78.8 cm³/mol. The van der Waals surface area contributed by atoms with Crippen molar-refractivity contribution in [3.05, 3.63) is 17.8 Å². The normalized spacial score (nSPS) is 15.2. The minimum absolute atomic E-state index is 0.383. The van der Waals surface area contributed by atoms with E-state index in [4.69, 9.17) is 10.5 Å². The zero-order valence-corrected chi connectivity index (χ0v) is 11.9. The number of nitrogens with one attached hydrogen (secondary N) is 1. The van der Waals surface area contributed by atoms with Gasteiger partial charge in [-0.2, -0.15) is 0 Å². The number of rotatable bonds is 6. The topological polar surface area (TPSA) is 80.5 Å². The molecular formula is C14H22N4O2. The van der Waals surface area contributed by atoms with Crippen molar-refractivity contribution in [1.82, 2.24) is 9.88 Å². The molecule has 0 atom stereocenters. The fraction of sp³-hybridized carbons (Fsp3) is 0.571. The van der Waals surface area contributed by atoms with Crippen LogP contribution >= 0.6 is 0 Å². The molecule has 6 nitrogen and oxygen atoms in total. The summed E-state index contributed by atoms with van der Waals surface area (Å²) >= 11 is 0. The summed E-state index contributed by atoms with van der Waals surface area (Å²) < 4.78 is 4.74. The van der Waals surface area contributed by atoms with Crippen LogP contribution in [0.1, 0.15) is 29.6 Å². The zero-order chi connectivity index (χ0) is 14.4. The Hall–Kier alpha value is -1.82. The number of aromatic nitrogens is 1. The molecule has 3 N–H and O–H groups in total. The highest BCUT2D eigenvalue weighted by Gasteiger charge is 2.14. The Morgan fingerprint density at radius 3 is 2.95 bits per heavy atom. The van der Waals surface area contributed by atoms with E-state index >= 15 is 0 Å². The van der Waals surface area contributed by atoms with Gasteiger partial charge in [-0.3, -0.25) is 0 Å². The predicted octanol–water partition coefficient (Wildman–Crippen LogP) is 1.35. The zero-order valence-electron chi connectivity index (χ0n) is 11.9. The molecular weight excluding hydrogens is 256 g/mol. The number of carbonyl (C=O) groups excluding carboxylic acids is 1. The van der Waals surface area contributed by atoms with E-state index in [0.717, 1.165) is 19.5 Å². The van der Waals surface area contributed by atoms with E-state index in [1.807, 2.05) is 0 Å². The number of pyridine rings is 1. The molecule has 6 heteroatoms. The van der Waals surface area contributed by atoms with Crippen molar-refractivity contribution in [1.29, 1.82) is 0 Å². The van der Waals surface area contributed by atoms with E-state index in [2.05, 4.69) is 15.2 Å². The smallest absolute Gasteiger partial charge is 0.341 e. The summed E-state index contributed by atoms with van der Waals surface area (Å²) in [6.07, 6.45) is 5.17. The maximum atomic E-state index is 11.7. The Bertz CT molecular complexity index is 458. The van der Waals surface area contributed by atoms with Crippen molar-refractivity contribution in [2.75, 3.05) is 44.3 Å². The molecule has 0 bridgehead atoms. The number of likely N-dealkylation sites (tertiary alicyclic amines) is 1. The highest BCUT2D eigenvalue weighted by Crippen LogP contribution is 2.16. The second-order valence-corrected chi connectivity index (χ2v) is 4.99. The summed E-state index contributed by atoms with van der Waals surface area (Å²) in [7, 11) is 1.35. The molecule has 1 saturated heterocycles. The van der Waals surface area contributed by atoms with Gasteiger partial charge in [0.1, 0.15) is 11.4 Å². The second kappa shape index (κ2) is 7.09. The van der Waals surface area contributed by atoms with Gasteiger partial charge in [0.05, 0.1) is 19.0 Å². The number of hydrogen-bond donors (Lipinski definition) is 2. The summed E-state index contributed by atoms with van der Waals surface area (Å²) in [6, 6.07) is 1.58. The third-order valence-electron chi connectivity index (χ3n) is 3.46. The van der Waals surface area contributed by atoms with Gasteiger partial charge in [0.2, 0.25) is 0 Å². The number of nitrogens with two attached hydrogens (primary N) is 1. The minimum atomic E-state index is -0.424. The van der Waals surface area contributed by atoms with Gasteiger partial charge >= 0.3 is 5.97 Å². The van der Waals surface area contributed by atoms with Gasteiger partial charge in [0.25, 0.3) is 0 Å². The number of anilines is 2. The van der Waals surface area contributed by atoms with Gasteiger partial charge in [-0.25, -0.2) is 9.78 Å². The lowest BCUT2D eigenvalue weighted by Crippen LogP contribution is -2.22. The van der Waals surface area contributed by atoms with Gasteiger partial charge in [-0.1, -0.05) is 0 Å². The highest BCUT2D eigenvalue weighted by atomic mass is 16.5. The summed E-state index contributed by atoms with van der Waals surface area (Å²) in [5.41, 5.74) is 6.49. The largest absolute Gasteiger partial charge is 0.465 e. The van der Waals surface area contributed by atoms with E-state index in [1.54, 1.807) is 6.07 Å². The van der Waals surface area contributed by atoms with E-state index in [9.17, 15) is 4.79 Å². The van der Waals surface area contributed by atoms with Crippen LogP contribution in [0.4, 0.5) is 11.5 Å². The number of methoxy groups -OCH3 is 1. The van der Waals surface area contributed by atoms with E-state index in [1.165, 1.54) is 39.2 Å². The Morgan fingerprint density at radius 1 is 1.50 bits per heavy atom. The molecule has 0 unspecified atom stereocenters. The molecule has 1 aliphatic rings. The lowest BCUT2D eigenvalue weighted by molar-refractivity contribution is 0.0601. The van der Waals surface area contributed by atoms with Crippen LogP contribution in [-0.2, 0) is 4.74 Å². The fourth-order valence-electron chi connectivity index (χ4n) is 2.40. The van der Waals surface area contributed by atoms with Crippen molar-refractivity contribution in [2.24, 2.45) is 0 Å². The van der Waals surface area contributed by atoms with Crippen LogP contribution in [0.5, 0.6) is 0 Å². The van der Waals surface area contributed by atoms with Crippen LogP contribution in [0, 0.1) is 0 Å². The first-order valence-corrected chi connectivity index (χ1v) is 7.01. The van der Waals surface area contributed by atoms with Gasteiger partial charge in [0, 0.05) is 6.54 Å². The fourth-order valence-corrected chi connectivity index (χ4v) is 2.40. The van der Waals surface area contributed by atoms with Crippen LogP contribution in [0.15, 0.2) is 12.3 Å². The van der Waals surface area contributed by atoms with E-state index in [-0.39, 0.29) is 0 Å². The molecule has 2 heterocycles. The summed E-state index contributed by atoms with van der Waals surface area (Å²) in [5, 5.41) is 3.19. The molecule has 1 aliphatic heterocycles. The molecule has 0 aromatic carbocycles. The number of esters is 1. The minimum Gasteiger partial charge on any atom is -0.465 e. The Kier molecular flexibility index (Phi) is 5.17. The van der Waals surface area contributed by atoms with Crippen LogP contribution in [-0.4, -0.2) is 49.1 Å². The summed E-state index contributed by atoms with van der Waals surface area (Å²) in [4.78, 5) is 18.3. The maximum absolute atomic E-state index is 11.7. The van der Waals surface area contributed by atoms with Crippen LogP contribution in [0.25, 0.3) is 0 Å². The molecule has 110 valence electrons. The molecule has 0 saturated carbocycles. The number of nitrogens with zero attached hydrogens (tertiary/aromatic N) is 2. The standard InChI is InChI=1S/C14H22N4O2/c1-20-14(19)12-9-11(15)10-17-13(12)16-5-4-8-18-6-2-3-7-18/h9-10H,2-8,15H2,1H3,(H,16,17). The van der Waals surface area contributed by atoms with Crippen molar-refractivity contribution in [3.8, 4) is 0 Å². The van der Waals surface area contributed by atoms with Crippen molar-refractivity contribution in [3.63, 3.8) is 0 Å². The molecule has 1 aromatic rings. The first-order chi connectivity index (χ1) is 9.70. The van der Waals surface area contributed by atoms with Crippen molar-refractivity contribution < 1.29 is 9.53 Å². The third kappa shape index (κ3) is 3.84. The first kappa shape index (κ1) is 14.6. The highest BCUT2D eigenvalue weighted by molar-refractivity contribution is 5.95. The maximum Gasteiger partial charge on any atom is 0.341 e. The molecule has 0 aliphatic carbocycles. The molecule has 1 fully saturated rings.